The Morgan fingerprint density at radius 1 is 1.10 bits per heavy atom. The van der Waals surface area contributed by atoms with E-state index >= 15 is 0 Å². The van der Waals surface area contributed by atoms with Crippen LogP contribution in [0.5, 0.6) is 0 Å². The van der Waals surface area contributed by atoms with E-state index in [1.165, 1.54) is 19.3 Å². The number of hydrogen-bond acceptors (Lipinski definition) is 4. The van der Waals surface area contributed by atoms with Crippen LogP contribution in [0.25, 0.3) is 5.70 Å². The highest BCUT2D eigenvalue weighted by molar-refractivity contribution is 7.92. The molecule has 162 valence electrons. The normalized spacial score (nSPS) is 35.0. The number of ketones is 1. The Bertz CT molecular complexity index is 1000. The van der Waals surface area contributed by atoms with Crippen LogP contribution < -0.4 is 10.0 Å². The molecule has 4 fully saturated rings. The van der Waals surface area contributed by atoms with Gasteiger partial charge in [-0.25, -0.2) is 8.42 Å². The topological polar surface area (TPSA) is 75.3 Å². The van der Waals surface area contributed by atoms with E-state index in [1.807, 2.05) is 18.2 Å². The summed E-state index contributed by atoms with van der Waals surface area (Å²) in [6.07, 6.45) is 10.9. The Morgan fingerprint density at radius 2 is 1.70 bits per heavy atom. The predicted octanol–water partition coefficient (Wildman–Crippen LogP) is 4.11. The Hall–Kier alpha value is -1.82. The van der Waals surface area contributed by atoms with Crippen molar-refractivity contribution in [1.82, 2.24) is 5.32 Å². The van der Waals surface area contributed by atoms with Crippen LogP contribution in [-0.4, -0.2) is 26.0 Å². The largest absolute Gasteiger partial charge is 0.379 e. The van der Waals surface area contributed by atoms with E-state index in [4.69, 9.17) is 0 Å². The molecule has 4 aliphatic carbocycles. The molecule has 1 aromatic carbocycles. The van der Waals surface area contributed by atoms with Gasteiger partial charge in [-0.1, -0.05) is 6.07 Å². The molecular weight excluding hydrogens is 396 g/mol. The molecule has 0 radical (unpaired) electrons. The van der Waals surface area contributed by atoms with Crippen molar-refractivity contribution in [2.75, 3.05) is 11.0 Å². The lowest BCUT2D eigenvalue weighted by Gasteiger charge is -2.55. The maximum Gasteiger partial charge on any atom is 0.229 e. The Kier molecular flexibility index (Phi) is 4.41. The number of allylic oxidation sites excluding steroid dienone is 1. The molecule has 0 atom stereocenters. The van der Waals surface area contributed by atoms with Crippen molar-refractivity contribution < 1.29 is 13.2 Å². The van der Waals surface area contributed by atoms with Gasteiger partial charge in [-0.3, -0.25) is 9.52 Å². The molecule has 1 aliphatic heterocycles. The fourth-order valence-electron chi connectivity index (χ4n) is 7.02. The van der Waals surface area contributed by atoms with E-state index < -0.39 is 10.0 Å². The molecular formula is C24H32N2O3S. The zero-order chi connectivity index (χ0) is 21.3. The van der Waals surface area contributed by atoms with Crippen molar-refractivity contribution >= 4 is 27.2 Å². The standard InChI is InChI=1S/C24H32N2O3S/c1-23(2)14-18-4-5-19(26-30(3,28)29)9-20(18)21(25-23)10-22(27)24-11-15-6-16(12-24)8-17(7-15)13-24/h4-5,9-10,15-17,25-26H,6-8,11-14H2,1-3H3. The SMILES string of the molecule is CC1(C)Cc2ccc(NS(C)(=O)=O)cc2C(=CC(=O)C23CC4CC(CC(C4)C2)C3)N1. The zero-order valence-corrected chi connectivity index (χ0v) is 18.9. The smallest absolute Gasteiger partial charge is 0.229 e. The average molecular weight is 429 g/mol. The van der Waals surface area contributed by atoms with Crippen molar-refractivity contribution in [3.05, 3.63) is 35.4 Å². The lowest BCUT2D eigenvalue weighted by molar-refractivity contribution is -0.138. The molecule has 0 unspecified atom stereocenters. The van der Waals surface area contributed by atoms with E-state index in [0.29, 0.717) is 5.69 Å². The average Bonchev–Trinajstić information content (AvgIpc) is 2.59. The third-order valence-electron chi connectivity index (χ3n) is 7.65. The highest BCUT2D eigenvalue weighted by Gasteiger charge is 2.54. The van der Waals surface area contributed by atoms with Crippen LogP contribution in [0.1, 0.15) is 63.5 Å². The number of sulfonamides is 1. The Labute approximate surface area is 179 Å². The molecule has 0 saturated heterocycles. The molecule has 1 aromatic rings. The van der Waals surface area contributed by atoms with Gasteiger partial charge in [-0.2, -0.15) is 0 Å². The van der Waals surface area contributed by atoms with Crippen LogP contribution >= 0.6 is 0 Å². The lowest BCUT2D eigenvalue weighted by atomic mass is 9.48. The van der Waals surface area contributed by atoms with Gasteiger partial charge in [0, 0.05) is 34.0 Å². The van der Waals surface area contributed by atoms with Crippen molar-refractivity contribution in [1.29, 1.82) is 0 Å². The van der Waals surface area contributed by atoms with Gasteiger partial charge in [0.15, 0.2) is 5.78 Å². The number of rotatable bonds is 4. The minimum Gasteiger partial charge on any atom is -0.379 e. The number of benzene rings is 1. The maximum atomic E-state index is 13.7. The first-order valence-electron chi connectivity index (χ1n) is 11.2. The number of hydrogen-bond donors (Lipinski definition) is 2. The molecule has 5 nitrogen and oxygen atoms in total. The summed E-state index contributed by atoms with van der Waals surface area (Å²) in [4.78, 5) is 13.7. The van der Waals surface area contributed by atoms with Crippen LogP contribution in [0.4, 0.5) is 5.69 Å². The number of carbonyl (C=O) groups excluding carboxylic acids is 1. The van der Waals surface area contributed by atoms with Gasteiger partial charge >= 0.3 is 0 Å². The molecule has 4 saturated carbocycles. The van der Waals surface area contributed by atoms with Crippen LogP contribution in [0, 0.1) is 23.2 Å². The van der Waals surface area contributed by atoms with E-state index in [2.05, 4.69) is 23.9 Å². The number of carbonyl (C=O) groups is 1. The van der Waals surface area contributed by atoms with Crippen molar-refractivity contribution in [3.63, 3.8) is 0 Å². The molecule has 2 N–H and O–H groups in total. The van der Waals surface area contributed by atoms with E-state index in [0.717, 1.165) is 66.5 Å². The first-order chi connectivity index (χ1) is 14.0. The van der Waals surface area contributed by atoms with Gasteiger partial charge in [0.1, 0.15) is 0 Å². The predicted molar refractivity (Wildman–Crippen MR) is 119 cm³/mol. The molecule has 0 spiro atoms. The zero-order valence-electron chi connectivity index (χ0n) is 18.1. The summed E-state index contributed by atoms with van der Waals surface area (Å²) in [6, 6.07) is 5.64. The third kappa shape index (κ3) is 3.68. The fraction of sp³-hybridized carbons (Fsp3) is 0.625. The Morgan fingerprint density at radius 3 is 2.27 bits per heavy atom. The highest BCUT2D eigenvalue weighted by atomic mass is 32.2. The summed E-state index contributed by atoms with van der Waals surface area (Å²) in [7, 11) is -3.35. The number of fused-ring (bicyclic) bond motifs is 1. The molecule has 1 heterocycles. The summed E-state index contributed by atoms with van der Waals surface area (Å²) >= 11 is 0. The molecule has 5 aliphatic rings. The fourth-order valence-corrected chi connectivity index (χ4v) is 7.58. The summed E-state index contributed by atoms with van der Waals surface area (Å²) in [5, 5.41) is 3.56. The van der Waals surface area contributed by atoms with Crippen molar-refractivity contribution in [2.45, 2.75) is 64.3 Å². The van der Waals surface area contributed by atoms with Crippen LogP contribution in [-0.2, 0) is 21.2 Å². The highest BCUT2D eigenvalue weighted by Crippen LogP contribution is 2.60. The first-order valence-corrected chi connectivity index (χ1v) is 13.0. The summed E-state index contributed by atoms with van der Waals surface area (Å²) in [5.74, 6) is 2.46. The van der Waals surface area contributed by atoms with Gasteiger partial charge in [-0.05, 0) is 94.2 Å². The summed E-state index contributed by atoms with van der Waals surface area (Å²) < 4.78 is 26.0. The molecule has 6 rings (SSSR count). The van der Waals surface area contributed by atoms with Gasteiger partial charge in [-0.15, -0.1) is 0 Å². The van der Waals surface area contributed by atoms with E-state index in [-0.39, 0.29) is 16.7 Å². The second-order valence-corrected chi connectivity index (χ2v) is 12.8. The monoisotopic (exact) mass is 428 g/mol. The van der Waals surface area contributed by atoms with Crippen LogP contribution in [0.15, 0.2) is 24.3 Å². The molecule has 4 bridgehead atoms. The molecule has 6 heteroatoms. The van der Waals surface area contributed by atoms with E-state index in [9.17, 15) is 13.2 Å². The summed E-state index contributed by atoms with van der Waals surface area (Å²) in [6.45, 7) is 4.28. The minimum atomic E-state index is -3.35. The second-order valence-electron chi connectivity index (χ2n) is 11.1. The molecule has 30 heavy (non-hydrogen) atoms. The Balaban J connectivity index is 1.51. The number of anilines is 1. The van der Waals surface area contributed by atoms with Crippen molar-refractivity contribution in [2.24, 2.45) is 23.2 Å². The third-order valence-corrected chi connectivity index (χ3v) is 8.25. The van der Waals surface area contributed by atoms with Crippen LogP contribution in [0.3, 0.4) is 0 Å². The summed E-state index contributed by atoms with van der Waals surface area (Å²) in [5.41, 5.74) is 3.11. The van der Waals surface area contributed by atoms with Gasteiger partial charge in [0.05, 0.1) is 6.26 Å². The minimum absolute atomic E-state index is 0.160. The lowest BCUT2D eigenvalue weighted by Crippen LogP contribution is -2.50. The van der Waals surface area contributed by atoms with E-state index in [1.54, 1.807) is 6.07 Å². The second kappa shape index (κ2) is 6.59. The van der Waals surface area contributed by atoms with Crippen LogP contribution in [0.2, 0.25) is 0 Å². The molecule has 0 aromatic heterocycles. The van der Waals surface area contributed by atoms with Gasteiger partial charge in [0.2, 0.25) is 10.0 Å². The van der Waals surface area contributed by atoms with Gasteiger partial charge < -0.3 is 5.32 Å². The maximum absolute atomic E-state index is 13.7. The quantitative estimate of drug-likeness (QED) is 0.708. The molecule has 0 amide bonds. The van der Waals surface area contributed by atoms with Gasteiger partial charge in [0.25, 0.3) is 0 Å². The van der Waals surface area contributed by atoms with Crippen molar-refractivity contribution in [3.8, 4) is 0 Å². The first kappa shape index (κ1) is 20.1. The number of nitrogens with one attached hydrogen (secondary N) is 2.